The van der Waals surface area contributed by atoms with E-state index < -0.39 is 6.04 Å². The van der Waals surface area contributed by atoms with Gasteiger partial charge in [-0.25, -0.2) is 9.52 Å². The van der Waals surface area contributed by atoms with Crippen LogP contribution >= 0.6 is 11.9 Å². The highest BCUT2D eigenvalue weighted by Gasteiger charge is 2.21. The molecule has 0 aliphatic rings. The van der Waals surface area contributed by atoms with Crippen LogP contribution in [0.15, 0.2) is 59.5 Å². The minimum absolute atomic E-state index is 0.310. The Kier molecular flexibility index (Phi) is 7.50. The second-order valence-corrected chi connectivity index (χ2v) is 6.08. The number of ether oxygens (including phenoxy) is 2. The van der Waals surface area contributed by atoms with Crippen LogP contribution in [0.2, 0.25) is 0 Å². The zero-order chi connectivity index (χ0) is 18.1. The van der Waals surface area contributed by atoms with E-state index in [0.29, 0.717) is 23.5 Å². The van der Waals surface area contributed by atoms with Gasteiger partial charge in [-0.3, -0.25) is 4.79 Å². The first kappa shape index (κ1) is 19.0. The molecule has 5 nitrogen and oxygen atoms in total. The van der Waals surface area contributed by atoms with Gasteiger partial charge in [-0.1, -0.05) is 42.5 Å². The zero-order valence-electron chi connectivity index (χ0n) is 14.2. The number of hydrogen-bond acceptors (Lipinski definition) is 6. The summed E-state index contributed by atoms with van der Waals surface area (Å²) in [4.78, 5) is 24.8. The standard InChI is InChI=1S/C19H21NO4S/c1-3-24-18(21)15-11-7-8-12-17(15)25-20-16(19(22)23-2)13-14-9-5-4-6-10-14/h4-12,16,20H,3,13H2,1-2H3/t16-/m0/s1. The highest BCUT2D eigenvalue weighted by atomic mass is 32.2. The maximum Gasteiger partial charge on any atom is 0.339 e. The van der Waals surface area contributed by atoms with Crippen molar-refractivity contribution in [2.45, 2.75) is 24.3 Å². The number of rotatable bonds is 8. The molecule has 1 atom stereocenters. The molecular formula is C19H21NO4S. The maximum absolute atomic E-state index is 12.1. The van der Waals surface area contributed by atoms with E-state index >= 15 is 0 Å². The van der Waals surface area contributed by atoms with Crippen LogP contribution in [0.1, 0.15) is 22.8 Å². The van der Waals surface area contributed by atoms with Crippen molar-refractivity contribution in [3.8, 4) is 0 Å². The SMILES string of the molecule is CCOC(=O)c1ccccc1SN[C@@H](Cc1ccccc1)C(=O)OC. The van der Waals surface area contributed by atoms with Crippen LogP contribution in [0, 0.1) is 0 Å². The van der Waals surface area contributed by atoms with Gasteiger partial charge in [0.05, 0.1) is 19.3 Å². The van der Waals surface area contributed by atoms with Crippen LogP contribution in [-0.4, -0.2) is 31.7 Å². The maximum atomic E-state index is 12.1. The minimum atomic E-state index is -0.535. The fourth-order valence-corrected chi connectivity index (χ4v) is 3.09. The normalized spacial score (nSPS) is 11.6. The summed E-state index contributed by atoms with van der Waals surface area (Å²) in [6.45, 7) is 2.07. The Hall–Kier alpha value is -2.31. The van der Waals surface area contributed by atoms with Crippen molar-refractivity contribution in [3.05, 3.63) is 65.7 Å². The van der Waals surface area contributed by atoms with Gasteiger partial charge >= 0.3 is 11.9 Å². The largest absolute Gasteiger partial charge is 0.468 e. The van der Waals surface area contributed by atoms with Crippen molar-refractivity contribution in [1.82, 2.24) is 4.72 Å². The number of nitrogens with one attached hydrogen (secondary N) is 1. The number of benzene rings is 2. The summed E-state index contributed by atoms with van der Waals surface area (Å²) in [5.74, 6) is -0.741. The van der Waals surface area contributed by atoms with Gasteiger partial charge in [0.1, 0.15) is 6.04 Å². The third kappa shape index (κ3) is 5.62. The molecule has 132 valence electrons. The Morgan fingerprint density at radius 1 is 1.08 bits per heavy atom. The fraction of sp³-hybridized carbons (Fsp3) is 0.263. The Morgan fingerprint density at radius 3 is 2.44 bits per heavy atom. The average molecular weight is 359 g/mol. The number of carbonyl (C=O) groups excluding carboxylic acids is 2. The number of esters is 2. The molecule has 0 aliphatic heterocycles. The highest BCUT2D eigenvalue weighted by molar-refractivity contribution is 7.97. The van der Waals surface area contributed by atoms with Gasteiger partial charge in [-0.2, -0.15) is 0 Å². The van der Waals surface area contributed by atoms with Crippen LogP contribution in [0.5, 0.6) is 0 Å². The highest BCUT2D eigenvalue weighted by Crippen LogP contribution is 2.22. The second-order valence-electron chi connectivity index (χ2n) is 5.20. The van der Waals surface area contributed by atoms with E-state index in [1.54, 1.807) is 25.1 Å². The first-order valence-electron chi connectivity index (χ1n) is 7.96. The van der Waals surface area contributed by atoms with Crippen LogP contribution < -0.4 is 4.72 Å². The molecule has 2 aromatic rings. The monoisotopic (exact) mass is 359 g/mol. The molecule has 0 heterocycles. The van der Waals surface area contributed by atoms with E-state index in [9.17, 15) is 9.59 Å². The summed E-state index contributed by atoms with van der Waals surface area (Å²) in [7, 11) is 1.36. The van der Waals surface area contributed by atoms with E-state index in [1.807, 2.05) is 36.4 Å². The third-order valence-corrected chi connectivity index (χ3v) is 4.44. The molecule has 0 bridgehead atoms. The fourth-order valence-electron chi connectivity index (χ4n) is 2.23. The Balaban J connectivity index is 2.10. The summed E-state index contributed by atoms with van der Waals surface area (Å²) in [5, 5.41) is 0. The lowest BCUT2D eigenvalue weighted by molar-refractivity contribution is -0.142. The van der Waals surface area contributed by atoms with Gasteiger partial charge in [0, 0.05) is 4.90 Å². The van der Waals surface area contributed by atoms with Gasteiger partial charge in [0.15, 0.2) is 0 Å². The lowest BCUT2D eigenvalue weighted by Gasteiger charge is -2.17. The minimum Gasteiger partial charge on any atom is -0.468 e. The van der Waals surface area contributed by atoms with Crippen molar-refractivity contribution in [1.29, 1.82) is 0 Å². The van der Waals surface area contributed by atoms with E-state index in [0.717, 1.165) is 5.56 Å². The summed E-state index contributed by atoms with van der Waals surface area (Å²) in [6, 6.07) is 16.3. The quantitative estimate of drug-likeness (QED) is 0.577. The smallest absolute Gasteiger partial charge is 0.339 e. The Morgan fingerprint density at radius 2 is 1.76 bits per heavy atom. The van der Waals surface area contributed by atoms with Crippen molar-refractivity contribution in [2.75, 3.05) is 13.7 Å². The molecule has 0 saturated heterocycles. The second kappa shape index (κ2) is 9.86. The number of methoxy groups -OCH3 is 1. The Labute approximate surface area is 151 Å². The van der Waals surface area contributed by atoms with Crippen molar-refractivity contribution in [2.24, 2.45) is 0 Å². The molecule has 1 N–H and O–H groups in total. The van der Waals surface area contributed by atoms with Crippen LogP contribution in [-0.2, 0) is 20.7 Å². The summed E-state index contributed by atoms with van der Waals surface area (Å²) in [5.41, 5.74) is 1.48. The predicted octanol–water partition coefficient (Wildman–Crippen LogP) is 3.24. The molecule has 0 unspecified atom stereocenters. The molecule has 0 aromatic heterocycles. The molecule has 0 aliphatic carbocycles. The summed E-state index contributed by atoms with van der Waals surface area (Å²) >= 11 is 1.22. The summed E-state index contributed by atoms with van der Waals surface area (Å²) < 4.78 is 13.1. The van der Waals surface area contributed by atoms with Crippen LogP contribution in [0.25, 0.3) is 0 Å². The topological polar surface area (TPSA) is 64.6 Å². The average Bonchev–Trinajstić information content (AvgIpc) is 2.65. The summed E-state index contributed by atoms with van der Waals surface area (Å²) in [6.07, 6.45) is 0.488. The van der Waals surface area contributed by atoms with Gasteiger partial charge in [-0.05, 0) is 43.0 Å². The lowest BCUT2D eigenvalue weighted by atomic mass is 10.1. The van der Waals surface area contributed by atoms with Crippen molar-refractivity contribution < 1.29 is 19.1 Å². The first-order chi connectivity index (χ1) is 12.2. The first-order valence-corrected chi connectivity index (χ1v) is 8.77. The van der Waals surface area contributed by atoms with Gasteiger partial charge in [-0.15, -0.1) is 0 Å². The van der Waals surface area contributed by atoms with E-state index in [2.05, 4.69) is 4.72 Å². The Bertz CT molecular complexity index is 706. The molecule has 0 spiro atoms. The van der Waals surface area contributed by atoms with E-state index in [4.69, 9.17) is 9.47 Å². The molecule has 2 rings (SSSR count). The molecule has 0 fully saturated rings. The van der Waals surface area contributed by atoms with Gasteiger partial charge in [0.2, 0.25) is 0 Å². The van der Waals surface area contributed by atoms with Crippen LogP contribution in [0.4, 0.5) is 0 Å². The van der Waals surface area contributed by atoms with E-state index in [1.165, 1.54) is 19.1 Å². The molecule has 0 amide bonds. The van der Waals surface area contributed by atoms with E-state index in [-0.39, 0.29) is 11.9 Å². The zero-order valence-corrected chi connectivity index (χ0v) is 15.0. The number of carbonyl (C=O) groups is 2. The van der Waals surface area contributed by atoms with Crippen LogP contribution in [0.3, 0.4) is 0 Å². The van der Waals surface area contributed by atoms with Gasteiger partial charge in [0.25, 0.3) is 0 Å². The van der Waals surface area contributed by atoms with Gasteiger partial charge < -0.3 is 9.47 Å². The molecule has 0 saturated carbocycles. The van der Waals surface area contributed by atoms with Crippen molar-refractivity contribution >= 4 is 23.9 Å². The molecule has 0 radical (unpaired) electrons. The molecule has 2 aromatic carbocycles. The lowest BCUT2D eigenvalue weighted by Crippen LogP contribution is -2.35. The molecular weight excluding hydrogens is 338 g/mol. The molecule has 25 heavy (non-hydrogen) atoms. The third-order valence-electron chi connectivity index (χ3n) is 3.46. The molecule has 6 heteroatoms. The predicted molar refractivity (Wildman–Crippen MR) is 97.3 cm³/mol. The van der Waals surface area contributed by atoms with Crippen molar-refractivity contribution in [3.63, 3.8) is 0 Å². The number of hydrogen-bond donors (Lipinski definition) is 1.